The van der Waals surface area contributed by atoms with Gasteiger partial charge in [0.05, 0.1) is 34.9 Å². The Kier molecular flexibility index (Phi) is 7.31. The standard InChI is InChI=1S/C23H26N4O6S2/c1-12-8-17(33-3)16(21(30)27-6-4-26(5-7-27)13(2)28)10-18(12)34-19-11-24-23(35-19)25-20(29)14-9-15(14)22(31)32/h8,10-11,14-15H,4-7,9H2,1-3H3,(H,31,32)(H,24,25,29). The van der Waals surface area contributed by atoms with Gasteiger partial charge in [-0.25, -0.2) is 4.98 Å². The van der Waals surface area contributed by atoms with Crippen molar-refractivity contribution in [1.29, 1.82) is 0 Å². The van der Waals surface area contributed by atoms with E-state index in [0.29, 0.717) is 49.0 Å². The van der Waals surface area contributed by atoms with E-state index in [9.17, 15) is 19.2 Å². The number of rotatable bonds is 7. The van der Waals surface area contributed by atoms with Crippen LogP contribution < -0.4 is 10.1 Å². The number of hydrogen-bond donors (Lipinski definition) is 2. The first-order chi connectivity index (χ1) is 16.7. The van der Waals surface area contributed by atoms with Gasteiger partial charge in [0.1, 0.15) is 5.75 Å². The lowest BCUT2D eigenvalue weighted by Gasteiger charge is -2.34. The van der Waals surface area contributed by atoms with Crippen LogP contribution in [0.4, 0.5) is 5.13 Å². The molecule has 0 bridgehead atoms. The largest absolute Gasteiger partial charge is 0.496 e. The summed E-state index contributed by atoms with van der Waals surface area (Å²) in [5.74, 6) is -2.08. The molecule has 2 aliphatic rings. The number of thiazole rings is 1. The Hall–Kier alpha value is -3.12. The summed E-state index contributed by atoms with van der Waals surface area (Å²) < 4.78 is 6.30. The molecule has 1 aliphatic heterocycles. The van der Waals surface area contributed by atoms with Gasteiger partial charge < -0.3 is 25.0 Å². The van der Waals surface area contributed by atoms with Crippen LogP contribution in [-0.2, 0) is 14.4 Å². The number of amides is 3. The van der Waals surface area contributed by atoms with Crippen molar-refractivity contribution in [3.05, 3.63) is 29.5 Å². The molecule has 1 aromatic carbocycles. The van der Waals surface area contributed by atoms with Crippen molar-refractivity contribution >= 4 is 51.9 Å². The number of carbonyl (C=O) groups excluding carboxylic acids is 3. The molecule has 10 nitrogen and oxygen atoms in total. The van der Waals surface area contributed by atoms with Crippen molar-refractivity contribution in [3.8, 4) is 5.75 Å². The van der Waals surface area contributed by atoms with E-state index in [1.807, 2.05) is 13.0 Å². The predicted octanol–water partition coefficient (Wildman–Crippen LogP) is 2.57. The van der Waals surface area contributed by atoms with Gasteiger partial charge in [-0.2, -0.15) is 0 Å². The number of methoxy groups -OCH3 is 1. The number of anilines is 1. The highest BCUT2D eigenvalue weighted by Gasteiger charge is 2.48. The number of aromatic nitrogens is 1. The van der Waals surface area contributed by atoms with Gasteiger partial charge in [-0.3, -0.25) is 19.2 Å². The minimum atomic E-state index is -0.957. The topological polar surface area (TPSA) is 129 Å². The van der Waals surface area contributed by atoms with Gasteiger partial charge in [-0.05, 0) is 31.0 Å². The molecule has 1 saturated heterocycles. The van der Waals surface area contributed by atoms with Crippen molar-refractivity contribution < 1.29 is 29.0 Å². The van der Waals surface area contributed by atoms with Gasteiger partial charge in [0.25, 0.3) is 5.91 Å². The lowest BCUT2D eigenvalue weighted by molar-refractivity contribution is -0.139. The van der Waals surface area contributed by atoms with Gasteiger partial charge in [0.15, 0.2) is 5.13 Å². The highest BCUT2D eigenvalue weighted by Crippen LogP contribution is 2.41. The van der Waals surface area contributed by atoms with Crippen LogP contribution in [0.15, 0.2) is 27.4 Å². The van der Waals surface area contributed by atoms with Crippen LogP contribution in [0.3, 0.4) is 0 Å². The second kappa shape index (κ2) is 10.2. The molecule has 186 valence electrons. The molecule has 1 aromatic heterocycles. The molecule has 3 amide bonds. The highest BCUT2D eigenvalue weighted by atomic mass is 32.2. The SMILES string of the molecule is COc1cc(C)c(Sc2cnc(NC(=O)C3CC3C(=O)O)s2)cc1C(=O)N1CCN(C(C)=O)CC1. The molecule has 1 saturated carbocycles. The Labute approximate surface area is 210 Å². The first-order valence-corrected chi connectivity index (χ1v) is 12.7. The Bertz CT molecular complexity index is 1170. The zero-order valence-corrected chi connectivity index (χ0v) is 21.2. The van der Waals surface area contributed by atoms with Crippen molar-refractivity contribution in [2.24, 2.45) is 11.8 Å². The molecule has 1 aliphatic carbocycles. The van der Waals surface area contributed by atoms with Crippen LogP contribution in [0.5, 0.6) is 5.75 Å². The zero-order valence-electron chi connectivity index (χ0n) is 19.6. The maximum absolute atomic E-state index is 13.3. The monoisotopic (exact) mass is 518 g/mol. The second-order valence-electron chi connectivity index (χ2n) is 8.48. The molecule has 4 rings (SSSR count). The van der Waals surface area contributed by atoms with Crippen LogP contribution in [0.1, 0.15) is 29.3 Å². The van der Waals surface area contributed by atoms with Crippen LogP contribution in [0.25, 0.3) is 0 Å². The summed E-state index contributed by atoms with van der Waals surface area (Å²) in [6.07, 6.45) is 1.98. The van der Waals surface area contributed by atoms with E-state index in [1.54, 1.807) is 22.1 Å². The lowest BCUT2D eigenvalue weighted by Crippen LogP contribution is -2.50. The summed E-state index contributed by atoms with van der Waals surface area (Å²) in [6.45, 7) is 5.37. The summed E-state index contributed by atoms with van der Waals surface area (Å²) in [5.41, 5.74) is 1.37. The number of nitrogens with one attached hydrogen (secondary N) is 1. The van der Waals surface area contributed by atoms with Crippen LogP contribution in [0.2, 0.25) is 0 Å². The van der Waals surface area contributed by atoms with Crippen molar-refractivity contribution in [2.45, 2.75) is 29.4 Å². The Morgan fingerprint density at radius 1 is 1.14 bits per heavy atom. The van der Waals surface area contributed by atoms with Gasteiger partial charge in [0, 0.05) is 38.0 Å². The fourth-order valence-corrected chi connectivity index (χ4v) is 5.88. The molecular weight excluding hydrogens is 492 g/mol. The molecule has 2 aromatic rings. The average Bonchev–Trinajstić information content (AvgIpc) is 3.54. The van der Waals surface area contributed by atoms with E-state index in [-0.39, 0.29) is 17.7 Å². The number of aryl methyl sites for hydroxylation is 1. The first-order valence-electron chi connectivity index (χ1n) is 11.1. The smallest absolute Gasteiger partial charge is 0.307 e. The highest BCUT2D eigenvalue weighted by molar-refractivity contribution is 8.01. The summed E-state index contributed by atoms with van der Waals surface area (Å²) in [5, 5.41) is 12.1. The number of hydrogen-bond acceptors (Lipinski definition) is 8. The summed E-state index contributed by atoms with van der Waals surface area (Å²) in [4.78, 5) is 56.6. The molecule has 2 fully saturated rings. The zero-order chi connectivity index (χ0) is 25.3. The van der Waals surface area contributed by atoms with Crippen LogP contribution in [-0.4, -0.2) is 76.9 Å². The van der Waals surface area contributed by atoms with Gasteiger partial charge in [-0.1, -0.05) is 23.1 Å². The minimum absolute atomic E-state index is 0.00246. The van der Waals surface area contributed by atoms with Crippen molar-refractivity contribution in [2.75, 3.05) is 38.6 Å². The molecular formula is C23H26N4O6S2. The number of nitrogens with zero attached hydrogens (tertiary/aromatic N) is 3. The van der Waals surface area contributed by atoms with Crippen LogP contribution in [0, 0.1) is 18.8 Å². The molecule has 2 heterocycles. The normalized spacial score (nSPS) is 19.3. The summed E-state index contributed by atoms with van der Waals surface area (Å²) in [7, 11) is 1.53. The minimum Gasteiger partial charge on any atom is -0.496 e. The Morgan fingerprint density at radius 2 is 1.83 bits per heavy atom. The third kappa shape index (κ3) is 5.59. The molecule has 2 unspecified atom stereocenters. The predicted molar refractivity (Wildman–Crippen MR) is 130 cm³/mol. The molecule has 35 heavy (non-hydrogen) atoms. The first kappa shape index (κ1) is 25.0. The van der Waals surface area contributed by atoms with E-state index < -0.39 is 17.8 Å². The quantitative estimate of drug-likeness (QED) is 0.572. The molecule has 2 atom stereocenters. The van der Waals surface area contributed by atoms with E-state index in [0.717, 1.165) is 14.7 Å². The van der Waals surface area contributed by atoms with Gasteiger partial charge in [0.2, 0.25) is 11.8 Å². The number of benzene rings is 1. The maximum Gasteiger partial charge on any atom is 0.307 e. The number of ether oxygens (including phenoxy) is 1. The molecule has 12 heteroatoms. The fraction of sp³-hybridized carbons (Fsp3) is 0.435. The van der Waals surface area contributed by atoms with E-state index in [4.69, 9.17) is 9.84 Å². The molecule has 2 N–H and O–H groups in total. The molecule has 0 spiro atoms. The summed E-state index contributed by atoms with van der Waals surface area (Å²) in [6, 6.07) is 3.63. The third-order valence-corrected chi connectivity index (χ3v) is 8.28. The van der Waals surface area contributed by atoms with Crippen LogP contribution >= 0.6 is 23.1 Å². The maximum atomic E-state index is 13.3. The van der Waals surface area contributed by atoms with Crippen molar-refractivity contribution in [3.63, 3.8) is 0 Å². The Morgan fingerprint density at radius 3 is 2.43 bits per heavy atom. The number of piperazine rings is 1. The molecule has 0 radical (unpaired) electrons. The number of aliphatic carboxylic acids is 1. The number of carboxylic acid groups (broad SMARTS) is 1. The lowest BCUT2D eigenvalue weighted by atomic mass is 10.1. The number of carboxylic acids is 1. The Balaban J connectivity index is 1.46. The van der Waals surface area contributed by atoms with E-state index in [1.165, 1.54) is 37.1 Å². The van der Waals surface area contributed by atoms with Gasteiger partial charge >= 0.3 is 5.97 Å². The van der Waals surface area contributed by atoms with Gasteiger partial charge in [-0.15, -0.1) is 0 Å². The second-order valence-corrected chi connectivity index (χ2v) is 10.9. The number of carbonyl (C=O) groups is 4. The fourth-order valence-electron chi connectivity index (χ4n) is 3.93. The van der Waals surface area contributed by atoms with E-state index >= 15 is 0 Å². The third-order valence-electron chi connectivity index (χ3n) is 6.11. The van der Waals surface area contributed by atoms with E-state index in [2.05, 4.69) is 10.3 Å². The average molecular weight is 519 g/mol. The van der Waals surface area contributed by atoms with Crippen molar-refractivity contribution in [1.82, 2.24) is 14.8 Å². The summed E-state index contributed by atoms with van der Waals surface area (Å²) >= 11 is 2.71.